The molecule has 0 radical (unpaired) electrons. The summed E-state index contributed by atoms with van der Waals surface area (Å²) in [4.78, 5) is 5.01. The zero-order valence-electron chi connectivity index (χ0n) is 17.7. The highest BCUT2D eigenvalue weighted by Gasteiger charge is 2.21. The first-order valence-electron chi connectivity index (χ1n) is 10.6. The SMILES string of the molecule is COc1c(-c2cccc3ccccc23)ccc(Br)c1-c1nc2ccccc2cc1CCO. The molecular weight excluding hydrogens is 462 g/mol. The van der Waals surface area contributed by atoms with Gasteiger partial charge in [0.15, 0.2) is 0 Å². The molecule has 0 aliphatic carbocycles. The first-order valence-corrected chi connectivity index (χ1v) is 11.3. The third-order valence-electron chi connectivity index (χ3n) is 5.81. The molecule has 0 bridgehead atoms. The fourth-order valence-corrected chi connectivity index (χ4v) is 4.85. The summed E-state index contributed by atoms with van der Waals surface area (Å²) in [5.74, 6) is 0.762. The second-order valence-electron chi connectivity index (χ2n) is 7.69. The number of aliphatic hydroxyl groups excluding tert-OH is 1. The van der Waals surface area contributed by atoms with E-state index in [0.717, 1.165) is 49.1 Å². The molecule has 0 unspecified atom stereocenters. The zero-order valence-corrected chi connectivity index (χ0v) is 19.3. The number of nitrogens with zero attached hydrogens (tertiary/aromatic N) is 1. The Labute approximate surface area is 195 Å². The molecule has 5 rings (SSSR count). The highest BCUT2D eigenvalue weighted by atomic mass is 79.9. The summed E-state index contributed by atoms with van der Waals surface area (Å²) in [5, 5.41) is 13.1. The van der Waals surface area contributed by atoms with Crippen molar-refractivity contribution >= 4 is 37.6 Å². The Morgan fingerprint density at radius 2 is 1.59 bits per heavy atom. The maximum Gasteiger partial charge on any atom is 0.137 e. The fourth-order valence-electron chi connectivity index (χ4n) is 4.35. The molecule has 5 aromatic rings. The summed E-state index contributed by atoms with van der Waals surface area (Å²) in [6.45, 7) is 0.0516. The molecule has 1 N–H and O–H groups in total. The minimum atomic E-state index is 0.0516. The van der Waals surface area contributed by atoms with Crippen molar-refractivity contribution in [1.82, 2.24) is 4.98 Å². The smallest absolute Gasteiger partial charge is 0.137 e. The van der Waals surface area contributed by atoms with Crippen LogP contribution in [0.25, 0.3) is 44.1 Å². The number of fused-ring (bicyclic) bond motifs is 2. The van der Waals surface area contributed by atoms with Crippen molar-refractivity contribution in [3.8, 4) is 28.1 Å². The van der Waals surface area contributed by atoms with Gasteiger partial charge in [0.25, 0.3) is 0 Å². The highest BCUT2D eigenvalue weighted by Crippen LogP contribution is 2.45. The number of halogens is 1. The molecule has 4 heteroatoms. The lowest BCUT2D eigenvalue weighted by atomic mass is 9.93. The van der Waals surface area contributed by atoms with E-state index in [4.69, 9.17) is 9.72 Å². The van der Waals surface area contributed by atoms with Crippen LogP contribution in [0.3, 0.4) is 0 Å². The predicted octanol–water partition coefficient (Wildman–Crippen LogP) is 7.03. The summed E-state index contributed by atoms with van der Waals surface area (Å²) in [5.41, 5.74) is 5.73. The third-order valence-corrected chi connectivity index (χ3v) is 6.47. The maximum absolute atomic E-state index is 9.74. The molecule has 1 aromatic heterocycles. The standard InChI is InChI=1S/C28H22BrNO2/c1-32-28-23(22-11-6-9-18-7-2-4-10-21(18)22)13-14-24(29)26(28)27-20(15-16-31)17-19-8-3-5-12-25(19)30-27/h2-14,17,31H,15-16H2,1H3. The molecule has 0 saturated carbocycles. The number of ether oxygens (including phenoxy) is 1. The molecule has 32 heavy (non-hydrogen) atoms. The van der Waals surface area contributed by atoms with Crippen molar-refractivity contribution in [2.24, 2.45) is 0 Å². The lowest BCUT2D eigenvalue weighted by molar-refractivity contribution is 0.299. The molecule has 0 fully saturated rings. The van der Waals surface area contributed by atoms with Gasteiger partial charge in [0.05, 0.1) is 23.9 Å². The van der Waals surface area contributed by atoms with Gasteiger partial charge in [0.2, 0.25) is 0 Å². The molecule has 158 valence electrons. The quantitative estimate of drug-likeness (QED) is 0.291. The summed E-state index contributed by atoms with van der Waals surface area (Å²) in [7, 11) is 1.70. The van der Waals surface area contributed by atoms with E-state index in [1.807, 2.05) is 24.3 Å². The van der Waals surface area contributed by atoms with Crippen molar-refractivity contribution < 1.29 is 9.84 Å². The van der Waals surface area contributed by atoms with Crippen molar-refractivity contribution in [3.63, 3.8) is 0 Å². The van der Waals surface area contributed by atoms with Gasteiger partial charge >= 0.3 is 0 Å². The van der Waals surface area contributed by atoms with Crippen LogP contribution >= 0.6 is 15.9 Å². The van der Waals surface area contributed by atoms with Gasteiger partial charge < -0.3 is 9.84 Å². The Morgan fingerprint density at radius 3 is 2.41 bits per heavy atom. The number of rotatable bonds is 5. The van der Waals surface area contributed by atoms with Gasteiger partial charge in [0, 0.05) is 22.0 Å². The molecule has 0 atom stereocenters. The van der Waals surface area contributed by atoms with Crippen LogP contribution in [0.1, 0.15) is 5.56 Å². The van der Waals surface area contributed by atoms with E-state index in [1.165, 1.54) is 10.8 Å². The highest BCUT2D eigenvalue weighted by molar-refractivity contribution is 9.10. The van der Waals surface area contributed by atoms with Crippen LogP contribution in [0.4, 0.5) is 0 Å². The van der Waals surface area contributed by atoms with E-state index < -0.39 is 0 Å². The maximum atomic E-state index is 9.74. The number of hydrogen-bond donors (Lipinski definition) is 1. The summed E-state index contributed by atoms with van der Waals surface area (Å²) < 4.78 is 6.93. The van der Waals surface area contributed by atoms with Gasteiger partial charge in [-0.25, -0.2) is 4.98 Å². The molecular formula is C28H22BrNO2. The van der Waals surface area contributed by atoms with Crippen molar-refractivity contribution in [2.75, 3.05) is 13.7 Å². The van der Waals surface area contributed by atoms with E-state index in [-0.39, 0.29) is 6.61 Å². The van der Waals surface area contributed by atoms with Crippen molar-refractivity contribution in [2.45, 2.75) is 6.42 Å². The molecule has 4 aromatic carbocycles. The Morgan fingerprint density at radius 1 is 0.844 bits per heavy atom. The number of pyridine rings is 1. The first kappa shape index (κ1) is 20.7. The number of aliphatic hydroxyl groups is 1. The summed E-state index contributed by atoms with van der Waals surface area (Å²) in [6, 6.07) is 29.0. The lowest BCUT2D eigenvalue weighted by Crippen LogP contribution is -2.01. The van der Waals surface area contributed by atoms with Crippen molar-refractivity contribution in [3.05, 3.63) is 95.0 Å². The molecule has 1 heterocycles. The van der Waals surface area contributed by atoms with E-state index in [1.54, 1.807) is 7.11 Å². The fraction of sp³-hybridized carbons (Fsp3) is 0.107. The van der Waals surface area contributed by atoms with E-state index >= 15 is 0 Å². The second kappa shape index (κ2) is 8.73. The molecule has 0 amide bonds. The molecule has 3 nitrogen and oxygen atoms in total. The number of hydrogen-bond acceptors (Lipinski definition) is 3. The normalized spacial score (nSPS) is 11.2. The van der Waals surface area contributed by atoms with Gasteiger partial charge in [0.1, 0.15) is 5.75 Å². The van der Waals surface area contributed by atoms with Crippen LogP contribution in [0.2, 0.25) is 0 Å². The van der Waals surface area contributed by atoms with E-state index in [0.29, 0.717) is 6.42 Å². The molecule has 0 aliphatic heterocycles. The number of aromatic nitrogens is 1. The van der Waals surface area contributed by atoms with Gasteiger partial charge in [-0.1, -0.05) is 60.7 Å². The van der Waals surface area contributed by atoms with Crippen LogP contribution in [0.15, 0.2) is 89.4 Å². The minimum absolute atomic E-state index is 0.0516. The summed E-state index contributed by atoms with van der Waals surface area (Å²) in [6.07, 6.45) is 0.515. The topological polar surface area (TPSA) is 42.4 Å². The van der Waals surface area contributed by atoms with Crippen LogP contribution in [0.5, 0.6) is 5.75 Å². The van der Waals surface area contributed by atoms with Crippen LogP contribution < -0.4 is 4.74 Å². The minimum Gasteiger partial charge on any atom is -0.495 e. The Hall–Kier alpha value is -3.21. The second-order valence-corrected chi connectivity index (χ2v) is 8.55. The van der Waals surface area contributed by atoms with E-state index in [9.17, 15) is 5.11 Å². The molecule has 0 saturated heterocycles. The Balaban J connectivity index is 1.82. The van der Waals surface area contributed by atoms with Gasteiger partial charge in [-0.3, -0.25) is 0 Å². The number of para-hydroxylation sites is 1. The van der Waals surface area contributed by atoms with Crippen LogP contribution in [0, 0.1) is 0 Å². The average molecular weight is 484 g/mol. The van der Waals surface area contributed by atoms with Crippen molar-refractivity contribution in [1.29, 1.82) is 0 Å². The first-order chi connectivity index (χ1) is 15.7. The zero-order chi connectivity index (χ0) is 22.1. The van der Waals surface area contributed by atoms with Gasteiger partial charge in [-0.15, -0.1) is 0 Å². The lowest BCUT2D eigenvalue weighted by Gasteiger charge is -2.19. The van der Waals surface area contributed by atoms with Gasteiger partial charge in [-0.2, -0.15) is 0 Å². The average Bonchev–Trinajstić information content (AvgIpc) is 2.83. The largest absolute Gasteiger partial charge is 0.495 e. The Kier molecular flexibility index (Phi) is 5.64. The molecule has 0 aliphatic rings. The predicted molar refractivity (Wildman–Crippen MR) is 135 cm³/mol. The number of methoxy groups -OCH3 is 1. The van der Waals surface area contributed by atoms with E-state index in [2.05, 4.69) is 76.6 Å². The monoisotopic (exact) mass is 483 g/mol. The Bertz CT molecular complexity index is 1440. The summed E-state index contributed by atoms with van der Waals surface area (Å²) >= 11 is 3.75. The van der Waals surface area contributed by atoms with Gasteiger partial charge in [-0.05, 0) is 68.5 Å². The molecule has 0 spiro atoms. The number of benzene rings is 4. The van der Waals surface area contributed by atoms with Crippen LogP contribution in [-0.2, 0) is 6.42 Å². The van der Waals surface area contributed by atoms with Crippen LogP contribution in [-0.4, -0.2) is 23.8 Å². The third kappa shape index (κ3) is 3.56.